The largest absolute Gasteiger partial charge is 0.496 e. The van der Waals surface area contributed by atoms with Gasteiger partial charge in [-0.15, -0.1) is 11.8 Å². The summed E-state index contributed by atoms with van der Waals surface area (Å²) in [5.74, 6) is 0.0317. The van der Waals surface area contributed by atoms with Crippen molar-refractivity contribution in [1.29, 1.82) is 0 Å². The minimum Gasteiger partial charge on any atom is -0.496 e. The van der Waals surface area contributed by atoms with E-state index in [1.807, 2.05) is 37.4 Å². The number of aryl methyl sites for hydroxylation is 1. The highest BCUT2D eigenvalue weighted by Gasteiger charge is 2.48. The van der Waals surface area contributed by atoms with E-state index in [2.05, 4.69) is 5.32 Å². The van der Waals surface area contributed by atoms with E-state index in [1.165, 1.54) is 12.0 Å². The van der Waals surface area contributed by atoms with Gasteiger partial charge >= 0.3 is 6.03 Å². The molecule has 162 valence electrons. The van der Waals surface area contributed by atoms with E-state index in [-0.39, 0.29) is 23.9 Å². The number of carbonyl (C=O) groups excluding carboxylic acids is 3. The number of thioether (sulfide) groups is 1. The number of ether oxygens (including phenoxy) is 1. The number of piperidine rings is 1. The number of benzene rings is 2. The van der Waals surface area contributed by atoms with Gasteiger partial charge in [0, 0.05) is 17.5 Å². The van der Waals surface area contributed by atoms with Gasteiger partial charge in [0.15, 0.2) is 0 Å². The topological polar surface area (TPSA) is 79.0 Å². The van der Waals surface area contributed by atoms with Crippen LogP contribution in [-0.2, 0) is 4.79 Å². The van der Waals surface area contributed by atoms with Crippen LogP contribution in [0, 0.1) is 6.92 Å². The normalized spacial score (nSPS) is 20.6. The van der Waals surface area contributed by atoms with Gasteiger partial charge in [-0.2, -0.15) is 0 Å². The predicted octanol–water partition coefficient (Wildman–Crippen LogP) is 3.46. The van der Waals surface area contributed by atoms with Crippen molar-refractivity contribution < 1.29 is 19.1 Å². The van der Waals surface area contributed by atoms with Crippen LogP contribution >= 0.6 is 11.8 Å². The Bertz CT molecular complexity index is 1020. The van der Waals surface area contributed by atoms with E-state index < -0.39 is 6.04 Å². The molecular formula is C23H25N3O4S. The number of amides is 4. The zero-order valence-corrected chi connectivity index (χ0v) is 18.6. The molecular weight excluding hydrogens is 414 g/mol. The van der Waals surface area contributed by atoms with Gasteiger partial charge in [-0.25, -0.2) is 9.69 Å². The maximum absolute atomic E-state index is 13.0. The molecule has 31 heavy (non-hydrogen) atoms. The van der Waals surface area contributed by atoms with Crippen LogP contribution in [0.5, 0.6) is 5.75 Å². The molecule has 4 amide bonds. The van der Waals surface area contributed by atoms with Crippen molar-refractivity contribution in [2.24, 2.45) is 0 Å². The molecule has 2 unspecified atom stereocenters. The average Bonchev–Trinajstić information content (AvgIpc) is 3.03. The lowest BCUT2D eigenvalue weighted by Crippen LogP contribution is -2.49. The number of nitrogens with zero attached hydrogens (tertiary/aromatic N) is 2. The van der Waals surface area contributed by atoms with Crippen LogP contribution in [0.15, 0.2) is 47.4 Å². The van der Waals surface area contributed by atoms with Gasteiger partial charge in [0.25, 0.3) is 11.8 Å². The maximum Gasteiger partial charge on any atom is 0.332 e. The molecule has 2 heterocycles. The van der Waals surface area contributed by atoms with Crippen molar-refractivity contribution in [3.63, 3.8) is 0 Å². The molecule has 0 aromatic heterocycles. The van der Waals surface area contributed by atoms with Gasteiger partial charge in [-0.3, -0.25) is 9.59 Å². The van der Waals surface area contributed by atoms with Crippen LogP contribution in [0.25, 0.3) is 0 Å². The van der Waals surface area contributed by atoms with Crippen LogP contribution in [0.2, 0.25) is 0 Å². The first-order chi connectivity index (χ1) is 14.9. The molecule has 0 radical (unpaired) electrons. The molecule has 7 nitrogen and oxygen atoms in total. The van der Waals surface area contributed by atoms with Gasteiger partial charge in [0.2, 0.25) is 0 Å². The molecule has 2 atom stereocenters. The molecule has 0 bridgehead atoms. The van der Waals surface area contributed by atoms with Crippen molar-refractivity contribution in [2.45, 2.75) is 36.7 Å². The highest BCUT2D eigenvalue weighted by Crippen LogP contribution is 2.31. The van der Waals surface area contributed by atoms with Gasteiger partial charge in [0.1, 0.15) is 11.8 Å². The number of anilines is 1. The van der Waals surface area contributed by atoms with E-state index in [0.717, 1.165) is 10.5 Å². The summed E-state index contributed by atoms with van der Waals surface area (Å²) in [5, 5.41) is 3.02. The molecule has 1 N–H and O–H groups in total. The lowest BCUT2D eigenvalue weighted by Gasteiger charge is -2.32. The number of hydrogen-bond donors (Lipinski definition) is 1. The molecule has 2 aromatic carbocycles. The number of rotatable bonds is 5. The van der Waals surface area contributed by atoms with Gasteiger partial charge < -0.3 is 15.0 Å². The second kappa shape index (κ2) is 8.63. The summed E-state index contributed by atoms with van der Waals surface area (Å²) in [5.41, 5.74) is 2.09. The summed E-state index contributed by atoms with van der Waals surface area (Å²) in [4.78, 5) is 42.6. The Balaban J connectivity index is 1.47. The molecule has 2 aliphatic rings. The lowest BCUT2D eigenvalue weighted by molar-refractivity contribution is -0.120. The second-order valence-electron chi connectivity index (χ2n) is 7.76. The van der Waals surface area contributed by atoms with Crippen molar-refractivity contribution in [3.05, 3.63) is 53.6 Å². The zero-order chi connectivity index (χ0) is 22.1. The molecule has 2 saturated heterocycles. The van der Waals surface area contributed by atoms with Crippen LogP contribution < -0.4 is 15.0 Å². The fourth-order valence-corrected chi connectivity index (χ4v) is 4.54. The summed E-state index contributed by atoms with van der Waals surface area (Å²) in [6.07, 6.45) is 2.94. The number of urea groups is 1. The van der Waals surface area contributed by atoms with E-state index in [1.54, 1.807) is 34.9 Å². The number of methoxy groups -OCH3 is 1. The van der Waals surface area contributed by atoms with E-state index >= 15 is 0 Å². The van der Waals surface area contributed by atoms with Crippen molar-refractivity contribution >= 4 is 35.3 Å². The molecule has 0 aliphatic carbocycles. The van der Waals surface area contributed by atoms with Gasteiger partial charge in [-0.05, 0) is 56.4 Å². The molecule has 0 saturated carbocycles. The lowest BCUT2D eigenvalue weighted by atomic mass is 9.97. The maximum atomic E-state index is 13.0. The van der Waals surface area contributed by atoms with Crippen LogP contribution in [0.1, 0.15) is 28.8 Å². The second-order valence-corrected chi connectivity index (χ2v) is 8.64. The number of fused-ring (bicyclic) bond motifs is 1. The third kappa shape index (κ3) is 3.99. The SMILES string of the molecule is COc1cc(SC)ccc1C(=O)NC1CCN2C(=O)N(c3ccc(C)cc3)C(=O)C2C1. The van der Waals surface area contributed by atoms with Crippen LogP contribution in [0.3, 0.4) is 0 Å². The summed E-state index contributed by atoms with van der Waals surface area (Å²) >= 11 is 1.57. The number of carbonyl (C=O) groups is 3. The molecule has 2 aliphatic heterocycles. The third-order valence-corrected chi connectivity index (χ3v) is 6.55. The first-order valence-corrected chi connectivity index (χ1v) is 11.4. The number of nitrogens with one attached hydrogen (secondary N) is 1. The number of imide groups is 1. The Morgan fingerprint density at radius 1 is 1.16 bits per heavy atom. The van der Waals surface area contributed by atoms with Crippen LogP contribution in [-0.4, -0.2) is 54.7 Å². The first kappa shape index (κ1) is 21.2. The smallest absolute Gasteiger partial charge is 0.332 e. The van der Waals surface area contributed by atoms with Crippen molar-refractivity contribution in [1.82, 2.24) is 10.2 Å². The summed E-state index contributed by atoms with van der Waals surface area (Å²) < 4.78 is 5.38. The molecule has 8 heteroatoms. The fraction of sp³-hybridized carbons (Fsp3) is 0.348. The monoisotopic (exact) mass is 439 g/mol. The summed E-state index contributed by atoms with van der Waals surface area (Å²) in [6.45, 7) is 2.38. The van der Waals surface area contributed by atoms with Crippen molar-refractivity contribution in [3.8, 4) is 5.75 Å². The Labute approximate surface area is 185 Å². The Morgan fingerprint density at radius 3 is 2.58 bits per heavy atom. The Morgan fingerprint density at radius 2 is 1.90 bits per heavy atom. The predicted molar refractivity (Wildman–Crippen MR) is 120 cm³/mol. The minimum atomic E-state index is -0.561. The highest BCUT2D eigenvalue weighted by atomic mass is 32.2. The minimum absolute atomic E-state index is 0.201. The zero-order valence-electron chi connectivity index (χ0n) is 17.8. The average molecular weight is 440 g/mol. The molecule has 0 spiro atoms. The number of hydrogen-bond acceptors (Lipinski definition) is 5. The van der Waals surface area contributed by atoms with E-state index in [4.69, 9.17) is 4.74 Å². The standard InChI is InChI=1S/C23H25N3O4S/c1-14-4-6-16(7-5-14)26-22(28)19-12-15(10-11-25(19)23(26)29)24-21(27)18-9-8-17(31-3)13-20(18)30-2/h4-9,13,15,19H,10-12H2,1-3H3,(H,24,27). The van der Waals surface area contributed by atoms with E-state index in [0.29, 0.717) is 36.4 Å². The summed E-state index contributed by atoms with van der Waals surface area (Å²) in [6, 6.07) is 11.7. The summed E-state index contributed by atoms with van der Waals surface area (Å²) in [7, 11) is 1.54. The van der Waals surface area contributed by atoms with Gasteiger partial charge in [-0.1, -0.05) is 17.7 Å². The fourth-order valence-electron chi connectivity index (χ4n) is 4.11. The van der Waals surface area contributed by atoms with Gasteiger partial charge in [0.05, 0.1) is 18.4 Å². The van der Waals surface area contributed by atoms with E-state index in [9.17, 15) is 14.4 Å². The molecule has 2 aromatic rings. The van der Waals surface area contributed by atoms with Crippen molar-refractivity contribution in [2.75, 3.05) is 24.8 Å². The first-order valence-electron chi connectivity index (χ1n) is 10.2. The molecule has 4 rings (SSSR count). The Kier molecular flexibility index (Phi) is 5.91. The quantitative estimate of drug-likeness (QED) is 0.570. The molecule has 2 fully saturated rings. The van der Waals surface area contributed by atoms with Crippen LogP contribution in [0.4, 0.5) is 10.5 Å². The third-order valence-electron chi connectivity index (χ3n) is 5.83. The Hall–Kier alpha value is -3.00. The highest BCUT2D eigenvalue weighted by molar-refractivity contribution is 7.98.